The highest BCUT2D eigenvalue weighted by Gasteiger charge is 2.51. The van der Waals surface area contributed by atoms with Crippen molar-refractivity contribution in [1.29, 1.82) is 0 Å². The molecule has 1 amide bonds. The molecule has 274 valence electrons. The zero-order chi connectivity index (χ0) is 37.3. The van der Waals surface area contributed by atoms with E-state index in [0.29, 0.717) is 50.8 Å². The average molecular weight is 714 g/mol. The van der Waals surface area contributed by atoms with Gasteiger partial charge >= 0.3 is 5.97 Å². The minimum absolute atomic E-state index is 0.0128. The van der Waals surface area contributed by atoms with Gasteiger partial charge in [0.05, 0.1) is 67.4 Å². The second-order valence-corrected chi connectivity index (χ2v) is 12.6. The molecule has 0 saturated carbocycles. The summed E-state index contributed by atoms with van der Waals surface area (Å²) in [5.41, 5.74) is 2.86. The molecule has 12 heteroatoms. The van der Waals surface area contributed by atoms with Crippen LogP contribution in [-0.4, -0.2) is 85.0 Å². The first-order valence-corrected chi connectivity index (χ1v) is 16.8. The van der Waals surface area contributed by atoms with E-state index in [1.54, 1.807) is 37.3 Å². The van der Waals surface area contributed by atoms with Crippen molar-refractivity contribution in [2.75, 3.05) is 56.4 Å². The molecule has 0 spiro atoms. The number of amides is 1. The van der Waals surface area contributed by atoms with Crippen molar-refractivity contribution in [3.05, 3.63) is 76.3 Å². The van der Waals surface area contributed by atoms with Crippen molar-refractivity contribution < 1.29 is 52.3 Å². The van der Waals surface area contributed by atoms with E-state index in [9.17, 15) is 14.4 Å². The minimum Gasteiger partial charge on any atom is -0.496 e. The zero-order valence-corrected chi connectivity index (χ0v) is 30.6. The van der Waals surface area contributed by atoms with Gasteiger partial charge in [-0.25, -0.2) is 4.79 Å². The largest absolute Gasteiger partial charge is 0.496 e. The van der Waals surface area contributed by atoms with Gasteiger partial charge in [0.1, 0.15) is 12.4 Å². The van der Waals surface area contributed by atoms with Gasteiger partial charge in [-0.2, -0.15) is 0 Å². The van der Waals surface area contributed by atoms with Gasteiger partial charge < -0.3 is 42.8 Å². The van der Waals surface area contributed by atoms with Crippen LogP contribution < -0.4 is 33.2 Å². The molecule has 52 heavy (non-hydrogen) atoms. The Morgan fingerprint density at radius 1 is 0.731 bits per heavy atom. The van der Waals surface area contributed by atoms with Gasteiger partial charge in [0.25, 0.3) is 0 Å². The van der Waals surface area contributed by atoms with E-state index in [-0.39, 0.29) is 54.8 Å². The summed E-state index contributed by atoms with van der Waals surface area (Å²) in [6.45, 7) is 1.56. The van der Waals surface area contributed by atoms with Gasteiger partial charge in [-0.15, -0.1) is 0 Å². The van der Waals surface area contributed by atoms with Crippen LogP contribution in [0, 0.1) is 12.8 Å². The lowest BCUT2D eigenvalue weighted by atomic mass is 9.77. The molecule has 2 aliphatic rings. The molecule has 3 atom stereocenters. The first kappa shape index (κ1) is 36.2. The monoisotopic (exact) mass is 713 g/mol. The van der Waals surface area contributed by atoms with Crippen LogP contribution in [0.4, 0.5) is 0 Å². The first-order valence-electron chi connectivity index (χ1n) is 16.8. The number of ether oxygens (including phenoxy) is 8. The first-order chi connectivity index (χ1) is 25.2. The number of hydrogen-bond acceptors (Lipinski definition) is 11. The van der Waals surface area contributed by atoms with Gasteiger partial charge in [-0.1, -0.05) is 36.4 Å². The number of methoxy groups -OCH3 is 7. The Balaban J connectivity index is 1.47. The molecular formula is C40H43NO11. The van der Waals surface area contributed by atoms with Gasteiger partial charge in [0.15, 0.2) is 28.8 Å². The lowest BCUT2D eigenvalue weighted by Crippen LogP contribution is -2.58. The molecule has 0 bridgehead atoms. The molecule has 0 N–H and O–H groups in total. The molecule has 2 aliphatic heterocycles. The summed E-state index contributed by atoms with van der Waals surface area (Å²) < 4.78 is 46.3. The van der Waals surface area contributed by atoms with Crippen LogP contribution in [0.2, 0.25) is 0 Å². The zero-order valence-electron chi connectivity index (χ0n) is 30.6. The van der Waals surface area contributed by atoms with Gasteiger partial charge in [0.2, 0.25) is 17.4 Å². The number of carbonyl (C=O) groups is 3. The van der Waals surface area contributed by atoms with Crippen LogP contribution in [0.15, 0.2) is 48.5 Å². The second kappa shape index (κ2) is 14.9. The summed E-state index contributed by atoms with van der Waals surface area (Å²) in [4.78, 5) is 44.4. The van der Waals surface area contributed by atoms with E-state index >= 15 is 0 Å². The summed E-state index contributed by atoms with van der Waals surface area (Å²) in [5.74, 6) is 0.892. The Morgan fingerprint density at radius 2 is 1.37 bits per heavy atom. The van der Waals surface area contributed by atoms with Crippen LogP contribution in [-0.2, 0) is 27.2 Å². The molecular weight excluding hydrogens is 670 g/mol. The van der Waals surface area contributed by atoms with Crippen molar-refractivity contribution >= 4 is 28.4 Å². The predicted octanol–water partition coefficient (Wildman–Crippen LogP) is 5.69. The number of Topliss-reactive ketones (excluding diaryl/α,β-unsaturated/α-hetero) is 1. The van der Waals surface area contributed by atoms with Crippen LogP contribution in [0.3, 0.4) is 0 Å². The normalized spacial score (nSPS) is 17.9. The Morgan fingerprint density at radius 3 is 2.02 bits per heavy atom. The van der Waals surface area contributed by atoms with Gasteiger partial charge in [0, 0.05) is 35.4 Å². The third kappa shape index (κ3) is 5.95. The summed E-state index contributed by atoms with van der Waals surface area (Å²) in [6, 6.07) is 12.9. The SMILES string of the molecule is COc1cc(C[C@H]2CC(=O)[C@@H]3Cc4c(OC)c(OC)c(OC)c(OC)c4[C@H](COC(=O)c4cccc5ccccc45)N3C2=O)c(OC)c(C)c1OC. The maximum atomic E-state index is 14.8. The average Bonchev–Trinajstić information content (AvgIpc) is 3.16. The Bertz CT molecular complexity index is 2040. The third-order valence-electron chi connectivity index (χ3n) is 10.1. The number of piperidine rings is 1. The molecule has 12 nitrogen and oxygen atoms in total. The summed E-state index contributed by atoms with van der Waals surface area (Å²) in [7, 11) is 10.6. The number of rotatable bonds is 12. The van der Waals surface area contributed by atoms with Crippen LogP contribution in [0.1, 0.15) is 45.1 Å². The molecule has 0 radical (unpaired) electrons. The fraction of sp³-hybridized carbons (Fsp3) is 0.375. The Hall–Kier alpha value is -5.65. The Labute approximate surface area is 302 Å². The number of carbonyl (C=O) groups excluding carboxylic acids is 3. The van der Waals surface area contributed by atoms with Gasteiger partial charge in [-0.05, 0) is 41.8 Å². The number of fused-ring (bicyclic) bond motifs is 3. The van der Waals surface area contributed by atoms with E-state index in [1.165, 1.54) is 35.5 Å². The molecule has 2 heterocycles. The summed E-state index contributed by atoms with van der Waals surface area (Å²) >= 11 is 0. The topological polar surface area (TPSA) is 128 Å². The predicted molar refractivity (Wildman–Crippen MR) is 192 cm³/mol. The number of nitrogens with zero attached hydrogens (tertiary/aromatic N) is 1. The van der Waals surface area contributed by atoms with Crippen LogP contribution >= 0.6 is 0 Å². The fourth-order valence-corrected chi connectivity index (χ4v) is 7.85. The van der Waals surface area contributed by atoms with E-state index in [4.69, 9.17) is 37.9 Å². The smallest absolute Gasteiger partial charge is 0.338 e. The standard InChI is InChI=1S/C40H43NO11/c1-21-33(46-3)23(18-31(45-2)34(21)47-4)16-24-17-30(42)28-19-27-32(36(49-6)38(51-8)37(50-7)35(27)48-5)29(41(28)39(24)43)20-52-40(44)26-15-11-13-22-12-9-10-14-25(22)26/h9-15,18,24,28-29H,16-17,19-20H2,1-8H3/t24-,28-,29-/m0/s1. The maximum absolute atomic E-state index is 14.8. The summed E-state index contributed by atoms with van der Waals surface area (Å²) in [5, 5.41) is 1.61. The molecule has 4 aromatic rings. The molecule has 6 rings (SSSR count). The number of esters is 1. The molecule has 0 aromatic heterocycles. The fourth-order valence-electron chi connectivity index (χ4n) is 7.85. The summed E-state index contributed by atoms with van der Waals surface area (Å²) in [6.07, 6.45) is 0.292. The molecule has 1 saturated heterocycles. The van der Waals surface area contributed by atoms with Crippen molar-refractivity contribution in [2.45, 2.75) is 38.3 Å². The minimum atomic E-state index is -0.954. The number of ketones is 1. The Kier molecular flexibility index (Phi) is 10.4. The van der Waals surface area contributed by atoms with E-state index in [0.717, 1.165) is 10.8 Å². The van der Waals surface area contributed by atoms with Crippen molar-refractivity contribution in [3.63, 3.8) is 0 Å². The number of benzene rings is 4. The van der Waals surface area contributed by atoms with Crippen molar-refractivity contribution in [3.8, 4) is 40.2 Å². The maximum Gasteiger partial charge on any atom is 0.338 e. The molecule has 0 aliphatic carbocycles. The lowest BCUT2D eigenvalue weighted by molar-refractivity contribution is -0.155. The van der Waals surface area contributed by atoms with Crippen molar-refractivity contribution in [1.82, 2.24) is 4.90 Å². The lowest BCUT2D eigenvalue weighted by Gasteiger charge is -2.47. The molecule has 0 unspecified atom stereocenters. The quantitative estimate of drug-likeness (QED) is 0.168. The van der Waals surface area contributed by atoms with Gasteiger partial charge in [-0.3, -0.25) is 9.59 Å². The highest BCUT2D eigenvalue weighted by atomic mass is 16.5. The number of hydrogen-bond donors (Lipinski definition) is 0. The third-order valence-corrected chi connectivity index (χ3v) is 10.1. The second-order valence-electron chi connectivity index (χ2n) is 12.6. The van der Waals surface area contributed by atoms with E-state index in [1.807, 2.05) is 37.3 Å². The van der Waals surface area contributed by atoms with E-state index < -0.39 is 24.0 Å². The molecule has 4 aromatic carbocycles. The van der Waals surface area contributed by atoms with Crippen molar-refractivity contribution in [2.24, 2.45) is 5.92 Å². The van der Waals surface area contributed by atoms with Crippen LogP contribution in [0.25, 0.3) is 10.8 Å². The molecule has 1 fully saturated rings. The van der Waals surface area contributed by atoms with Crippen LogP contribution in [0.5, 0.6) is 40.2 Å². The van der Waals surface area contributed by atoms with E-state index in [2.05, 4.69) is 0 Å². The highest BCUT2D eigenvalue weighted by Crippen LogP contribution is 2.55. The highest BCUT2D eigenvalue weighted by molar-refractivity contribution is 6.04.